The van der Waals surface area contributed by atoms with Crippen LogP contribution in [-0.4, -0.2) is 34.3 Å². The van der Waals surface area contributed by atoms with Crippen molar-refractivity contribution in [2.75, 3.05) is 22.2 Å². The molecule has 0 radical (unpaired) electrons. The first kappa shape index (κ1) is 23.5. The largest absolute Gasteiger partial charge is 0.369 e. The van der Waals surface area contributed by atoms with Crippen molar-refractivity contribution in [2.45, 2.75) is 87.5 Å². The molecule has 1 aromatic carbocycles. The zero-order valence-corrected chi connectivity index (χ0v) is 22.6. The predicted molar refractivity (Wildman–Crippen MR) is 132 cm³/mol. The van der Waals surface area contributed by atoms with E-state index in [1.165, 1.54) is 11.4 Å². The van der Waals surface area contributed by atoms with Crippen LogP contribution >= 0.6 is 0 Å². The van der Waals surface area contributed by atoms with Gasteiger partial charge in [-0.15, -0.1) is 0 Å². The second-order valence-corrected chi connectivity index (χ2v) is 26.8. The van der Waals surface area contributed by atoms with E-state index in [1.807, 2.05) is 0 Å². The molecule has 0 saturated carbocycles. The van der Waals surface area contributed by atoms with Crippen molar-refractivity contribution in [2.24, 2.45) is 10.8 Å². The molecule has 0 unspecified atom stereocenters. The minimum atomic E-state index is -2.20. The van der Waals surface area contributed by atoms with E-state index < -0.39 is 15.7 Å². The van der Waals surface area contributed by atoms with Crippen molar-refractivity contribution in [3.8, 4) is 0 Å². The highest BCUT2D eigenvalue weighted by Gasteiger charge is 2.63. The van der Waals surface area contributed by atoms with Crippen molar-refractivity contribution in [1.82, 2.24) is 4.98 Å². The van der Waals surface area contributed by atoms with Crippen LogP contribution < -0.4 is 14.1 Å². The molecule has 0 spiro atoms. The highest BCUT2D eigenvalue weighted by Crippen LogP contribution is 2.48. The van der Waals surface area contributed by atoms with Crippen molar-refractivity contribution in [1.29, 1.82) is 0 Å². The van der Waals surface area contributed by atoms with Gasteiger partial charge in [-0.25, -0.2) is 0 Å². The van der Waals surface area contributed by atoms with Gasteiger partial charge in [0, 0.05) is 18.6 Å². The number of hydrogen-bond donors (Lipinski definition) is 1. The summed E-state index contributed by atoms with van der Waals surface area (Å²) in [5, 5.41) is 0. The SMILES string of the molecule is CC(C)(C)CN1c2ccccc2N(CC(C)(C)C)[Si]1(NC(C)(C)C)[Si](C)(C)C. The van der Waals surface area contributed by atoms with Gasteiger partial charge in [0.1, 0.15) is 7.59 Å². The van der Waals surface area contributed by atoms with Crippen LogP contribution in [0.2, 0.25) is 19.6 Å². The first-order valence-corrected chi connectivity index (χ1v) is 17.2. The van der Waals surface area contributed by atoms with Gasteiger partial charge in [0.2, 0.25) is 0 Å². The Morgan fingerprint density at radius 2 is 1.11 bits per heavy atom. The Labute approximate surface area is 176 Å². The Morgan fingerprint density at radius 3 is 1.36 bits per heavy atom. The highest BCUT2D eigenvalue weighted by molar-refractivity contribution is 7.43. The van der Waals surface area contributed by atoms with Crippen molar-refractivity contribution < 1.29 is 0 Å². The van der Waals surface area contributed by atoms with Crippen molar-refractivity contribution >= 4 is 27.0 Å². The zero-order chi connectivity index (χ0) is 21.8. The number of fused-ring (bicyclic) bond motifs is 1. The van der Waals surface area contributed by atoms with Gasteiger partial charge in [0.15, 0.2) is 0 Å². The van der Waals surface area contributed by atoms with E-state index in [4.69, 9.17) is 0 Å². The molecule has 3 nitrogen and oxygen atoms in total. The Balaban J connectivity index is 2.82. The van der Waals surface area contributed by atoms with Crippen molar-refractivity contribution in [3.05, 3.63) is 24.3 Å². The maximum Gasteiger partial charge on any atom is 0.324 e. The lowest BCUT2D eigenvalue weighted by Gasteiger charge is -2.55. The van der Waals surface area contributed by atoms with Gasteiger partial charge in [0.05, 0.1) is 11.4 Å². The Hall–Kier alpha value is -0.786. The van der Waals surface area contributed by atoms with E-state index in [-0.39, 0.29) is 16.4 Å². The Bertz CT molecular complexity index is 645. The third-order valence-electron chi connectivity index (χ3n) is 5.10. The van der Waals surface area contributed by atoms with E-state index in [2.05, 4.69) is 120 Å². The fourth-order valence-electron chi connectivity index (χ4n) is 4.42. The number of anilines is 2. The van der Waals surface area contributed by atoms with Crippen molar-refractivity contribution in [3.63, 3.8) is 0 Å². The molecule has 1 aliphatic heterocycles. The number of nitrogens with zero attached hydrogens (tertiary/aromatic N) is 2. The summed E-state index contributed by atoms with van der Waals surface area (Å²) in [5.74, 6) is 0. The van der Waals surface area contributed by atoms with Crippen LogP contribution in [0.15, 0.2) is 24.3 Å². The highest BCUT2D eigenvalue weighted by atomic mass is 29.3. The van der Waals surface area contributed by atoms with Gasteiger partial charge in [-0.05, 0) is 43.7 Å². The smallest absolute Gasteiger partial charge is 0.324 e. The van der Waals surface area contributed by atoms with Crippen LogP contribution in [0.1, 0.15) is 62.3 Å². The molecule has 28 heavy (non-hydrogen) atoms. The third kappa shape index (κ3) is 4.85. The lowest BCUT2D eigenvalue weighted by atomic mass is 9.96. The van der Waals surface area contributed by atoms with E-state index in [0.29, 0.717) is 0 Å². The van der Waals surface area contributed by atoms with E-state index in [1.54, 1.807) is 0 Å². The monoisotopic (exact) mass is 419 g/mol. The lowest BCUT2D eigenvalue weighted by Crippen LogP contribution is -2.86. The number of nitrogens with one attached hydrogen (secondary N) is 1. The molecule has 1 heterocycles. The number of para-hydroxylation sites is 2. The normalized spacial score (nSPS) is 17.9. The fraction of sp³-hybridized carbons (Fsp3) is 0.739. The van der Waals surface area contributed by atoms with Gasteiger partial charge in [-0.1, -0.05) is 73.3 Å². The quantitative estimate of drug-likeness (QED) is 0.590. The number of benzene rings is 1. The molecule has 2 rings (SSSR count). The average molecular weight is 420 g/mol. The molecule has 5 heteroatoms. The summed E-state index contributed by atoms with van der Waals surface area (Å²) in [7, 11) is -3.82. The first-order chi connectivity index (χ1) is 12.4. The van der Waals surface area contributed by atoms with Crippen LogP contribution in [0.5, 0.6) is 0 Å². The topological polar surface area (TPSA) is 18.5 Å². The lowest BCUT2D eigenvalue weighted by molar-refractivity contribution is 0.415. The molecule has 0 aliphatic carbocycles. The summed E-state index contributed by atoms with van der Waals surface area (Å²) in [6, 6.07) is 9.15. The first-order valence-electron chi connectivity index (χ1n) is 10.8. The summed E-state index contributed by atoms with van der Waals surface area (Å²) < 4.78 is 5.71. The molecule has 0 bridgehead atoms. The summed E-state index contributed by atoms with van der Waals surface area (Å²) >= 11 is 0. The van der Waals surface area contributed by atoms with E-state index >= 15 is 0 Å². The zero-order valence-electron chi connectivity index (χ0n) is 20.6. The van der Waals surface area contributed by atoms with E-state index in [9.17, 15) is 0 Å². The van der Waals surface area contributed by atoms with Gasteiger partial charge < -0.3 is 14.1 Å². The molecular weight excluding hydrogens is 374 g/mol. The summed E-state index contributed by atoms with van der Waals surface area (Å²) in [4.78, 5) is 4.32. The molecule has 0 atom stereocenters. The van der Waals surface area contributed by atoms with Crippen LogP contribution in [0, 0.1) is 10.8 Å². The summed E-state index contributed by atoms with van der Waals surface area (Å²) in [6.07, 6.45) is 0. The summed E-state index contributed by atoms with van der Waals surface area (Å²) in [6.45, 7) is 31.2. The second kappa shape index (κ2) is 7.17. The van der Waals surface area contributed by atoms with E-state index in [0.717, 1.165) is 13.1 Å². The average Bonchev–Trinajstić information content (AvgIpc) is 2.66. The minimum Gasteiger partial charge on any atom is -0.369 e. The van der Waals surface area contributed by atoms with Gasteiger partial charge in [-0.3, -0.25) is 0 Å². The van der Waals surface area contributed by atoms with Gasteiger partial charge in [0.25, 0.3) is 0 Å². The molecule has 0 amide bonds. The minimum absolute atomic E-state index is 0.0703. The van der Waals surface area contributed by atoms with Crippen LogP contribution in [-0.2, 0) is 0 Å². The molecule has 0 fully saturated rings. The third-order valence-corrected chi connectivity index (χ3v) is 18.9. The molecule has 0 aromatic heterocycles. The van der Waals surface area contributed by atoms with Crippen LogP contribution in [0.4, 0.5) is 11.4 Å². The van der Waals surface area contributed by atoms with Gasteiger partial charge >= 0.3 is 8.08 Å². The van der Waals surface area contributed by atoms with Crippen LogP contribution in [0.3, 0.4) is 0 Å². The Kier molecular flexibility index (Phi) is 6.01. The molecule has 1 aromatic rings. The molecular formula is C23H45N3Si2. The van der Waals surface area contributed by atoms with Crippen LogP contribution in [0.25, 0.3) is 0 Å². The molecule has 0 saturated heterocycles. The number of hydrogen-bond acceptors (Lipinski definition) is 3. The fourth-order valence-corrected chi connectivity index (χ4v) is 18.8. The summed E-state index contributed by atoms with van der Waals surface area (Å²) in [5.41, 5.74) is 3.42. The maximum absolute atomic E-state index is 4.32. The van der Waals surface area contributed by atoms with Gasteiger partial charge in [-0.2, -0.15) is 0 Å². The number of rotatable bonds is 4. The maximum atomic E-state index is 4.32. The molecule has 160 valence electrons. The second-order valence-electron chi connectivity index (χ2n) is 13.1. The molecule has 1 N–H and O–H groups in total. The molecule has 1 aliphatic rings. The Morgan fingerprint density at radius 1 is 0.750 bits per heavy atom. The standard InChI is InChI=1S/C23H45N3Si2/c1-21(2,3)17-25-19-15-13-14-16-20(19)26(18-22(4,5)6)28(25,27(10,11)12)24-23(7,8)9/h13-16,24H,17-18H2,1-12H3. The predicted octanol–water partition coefficient (Wildman–Crippen LogP) is 6.15.